The maximum absolute atomic E-state index is 10.4. The Labute approximate surface area is 98.9 Å². The van der Waals surface area contributed by atoms with Crippen LogP contribution < -0.4 is 34.3 Å². The summed E-state index contributed by atoms with van der Waals surface area (Å²) in [6.07, 6.45) is 0. The molecule has 1 aromatic rings. The molecule has 0 heterocycles. The van der Waals surface area contributed by atoms with Gasteiger partial charge in [-0.25, -0.2) is 4.79 Å². The number of aromatic hydroxyl groups is 1. The molecule has 5 heteroatoms. The molecule has 0 bridgehead atoms. The van der Waals surface area contributed by atoms with Crippen LogP contribution in [0.25, 0.3) is 0 Å². The first-order chi connectivity index (χ1) is 5.65. The Morgan fingerprint density at radius 2 is 2.15 bits per heavy atom. The molecule has 0 radical (unpaired) electrons. The SMILES string of the molecule is COc1ccc(C(=O)O)c(O)c1.[H-].[Na+]. The molecular weight excluding hydrogens is 183 g/mol. The number of rotatable bonds is 2. The van der Waals surface area contributed by atoms with Crippen LogP contribution >= 0.6 is 0 Å². The summed E-state index contributed by atoms with van der Waals surface area (Å²) >= 11 is 0. The number of carboxylic acids is 1. The van der Waals surface area contributed by atoms with Crippen molar-refractivity contribution < 1.29 is 50.7 Å². The number of ether oxygens (including phenoxy) is 1. The third-order valence-corrected chi connectivity index (χ3v) is 1.44. The first-order valence-corrected chi connectivity index (χ1v) is 3.25. The zero-order valence-corrected chi connectivity index (χ0v) is 9.44. The minimum atomic E-state index is -1.16. The number of hydrogen-bond acceptors (Lipinski definition) is 3. The van der Waals surface area contributed by atoms with Gasteiger partial charge in [0.05, 0.1) is 7.11 Å². The van der Waals surface area contributed by atoms with E-state index >= 15 is 0 Å². The molecule has 13 heavy (non-hydrogen) atoms. The van der Waals surface area contributed by atoms with E-state index in [4.69, 9.17) is 14.9 Å². The van der Waals surface area contributed by atoms with Crippen molar-refractivity contribution in [2.45, 2.75) is 0 Å². The van der Waals surface area contributed by atoms with Crippen LogP contribution in [0, 0.1) is 0 Å². The molecule has 0 aromatic heterocycles. The fraction of sp³-hybridized carbons (Fsp3) is 0.125. The van der Waals surface area contributed by atoms with Crippen molar-refractivity contribution in [1.82, 2.24) is 0 Å². The molecule has 0 unspecified atom stereocenters. The van der Waals surface area contributed by atoms with E-state index in [1.54, 1.807) is 0 Å². The standard InChI is InChI=1S/C8H8O4.Na.H/c1-12-5-2-3-6(8(10)11)7(9)4-5;;/h2-4,9H,1H3,(H,10,11);;/q;+1;-1. The molecule has 0 aliphatic rings. The molecule has 0 spiro atoms. The minimum absolute atomic E-state index is 0. The summed E-state index contributed by atoms with van der Waals surface area (Å²) in [7, 11) is 1.44. The van der Waals surface area contributed by atoms with Crippen LogP contribution in [0.5, 0.6) is 11.5 Å². The van der Waals surface area contributed by atoms with Gasteiger partial charge in [0.1, 0.15) is 17.1 Å². The molecule has 66 valence electrons. The first kappa shape index (κ1) is 12.3. The molecule has 0 aliphatic heterocycles. The average molecular weight is 192 g/mol. The van der Waals surface area contributed by atoms with Crippen molar-refractivity contribution in [3.05, 3.63) is 23.8 Å². The first-order valence-electron chi connectivity index (χ1n) is 3.25. The van der Waals surface area contributed by atoms with Gasteiger partial charge in [0.2, 0.25) is 0 Å². The Morgan fingerprint density at radius 1 is 1.54 bits per heavy atom. The van der Waals surface area contributed by atoms with Gasteiger partial charge in [0.25, 0.3) is 0 Å². The Hall–Kier alpha value is -0.710. The topological polar surface area (TPSA) is 66.8 Å². The van der Waals surface area contributed by atoms with E-state index in [0.717, 1.165) is 0 Å². The van der Waals surface area contributed by atoms with Crippen molar-refractivity contribution >= 4 is 5.97 Å². The number of benzene rings is 1. The number of carbonyl (C=O) groups is 1. The second-order valence-corrected chi connectivity index (χ2v) is 2.19. The summed E-state index contributed by atoms with van der Waals surface area (Å²) in [6.45, 7) is 0. The van der Waals surface area contributed by atoms with E-state index in [9.17, 15) is 4.79 Å². The Balaban J connectivity index is 0. The van der Waals surface area contributed by atoms with Gasteiger partial charge in [-0.2, -0.15) is 0 Å². The summed E-state index contributed by atoms with van der Waals surface area (Å²) in [6, 6.07) is 4.02. The van der Waals surface area contributed by atoms with E-state index < -0.39 is 5.97 Å². The van der Waals surface area contributed by atoms with Gasteiger partial charge in [-0.05, 0) is 12.1 Å². The molecule has 0 atom stereocenters. The van der Waals surface area contributed by atoms with Crippen LogP contribution in [-0.4, -0.2) is 23.3 Å². The van der Waals surface area contributed by atoms with E-state index in [2.05, 4.69) is 0 Å². The predicted octanol–water partition coefficient (Wildman–Crippen LogP) is -1.78. The Morgan fingerprint density at radius 3 is 2.54 bits per heavy atom. The average Bonchev–Trinajstić information content (AvgIpc) is 2.03. The monoisotopic (exact) mass is 192 g/mol. The quantitative estimate of drug-likeness (QED) is 0.543. The van der Waals surface area contributed by atoms with E-state index in [1.807, 2.05) is 0 Å². The van der Waals surface area contributed by atoms with Gasteiger partial charge < -0.3 is 16.4 Å². The van der Waals surface area contributed by atoms with Crippen LogP contribution in [0.1, 0.15) is 11.8 Å². The largest absolute Gasteiger partial charge is 1.00 e. The van der Waals surface area contributed by atoms with E-state index in [0.29, 0.717) is 5.75 Å². The van der Waals surface area contributed by atoms with Gasteiger partial charge >= 0.3 is 35.5 Å². The summed E-state index contributed by atoms with van der Waals surface area (Å²) < 4.78 is 4.78. The Kier molecular flexibility index (Phi) is 4.83. The third-order valence-electron chi connectivity index (χ3n) is 1.44. The molecular formula is C8H9NaO4. The van der Waals surface area contributed by atoms with E-state index in [1.165, 1.54) is 25.3 Å². The molecule has 0 saturated carbocycles. The molecule has 1 aromatic carbocycles. The minimum Gasteiger partial charge on any atom is -1.00 e. The molecule has 0 aliphatic carbocycles. The van der Waals surface area contributed by atoms with Gasteiger partial charge in [-0.15, -0.1) is 0 Å². The normalized spacial score (nSPS) is 8.69. The van der Waals surface area contributed by atoms with Crippen molar-refractivity contribution in [2.24, 2.45) is 0 Å². The number of hydrogen-bond donors (Lipinski definition) is 2. The van der Waals surface area contributed by atoms with Crippen LogP contribution in [0.2, 0.25) is 0 Å². The fourth-order valence-electron chi connectivity index (χ4n) is 0.819. The van der Waals surface area contributed by atoms with Gasteiger partial charge in [-0.3, -0.25) is 0 Å². The summed E-state index contributed by atoms with van der Waals surface area (Å²) in [4.78, 5) is 10.4. The zero-order chi connectivity index (χ0) is 9.14. The number of aromatic carboxylic acids is 1. The molecule has 2 N–H and O–H groups in total. The van der Waals surface area contributed by atoms with Crippen LogP contribution in [-0.2, 0) is 0 Å². The smallest absolute Gasteiger partial charge is 1.00 e. The van der Waals surface area contributed by atoms with Gasteiger partial charge in [0, 0.05) is 6.07 Å². The number of methoxy groups -OCH3 is 1. The Bertz CT molecular complexity index is 316. The zero-order valence-electron chi connectivity index (χ0n) is 8.44. The second-order valence-electron chi connectivity index (χ2n) is 2.19. The number of carboxylic acid groups (broad SMARTS) is 1. The maximum Gasteiger partial charge on any atom is 1.00 e. The fourth-order valence-corrected chi connectivity index (χ4v) is 0.819. The predicted molar refractivity (Wildman–Crippen MR) is 42.7 cm³/mol. The molecule has 1 rings (SSSR count). The molecule has 4 nitrogen and oxygen atoms in total. The van der Waals surface area contributed by atoms with Crippen LogP contribution in [0.15, 0.2) is 18.2 Å². The van der Waals surface area contributed by atoms with Crippen molar-refractivity contribution in [1.29, 1.82) is 0 Å². The maximum atomic E-state index is 10.4. The molecule has 0 saturated heterocycles. The van der Waals surface area contributed by atoms with Crippen molar-refractivity contribution in [3.63, 3.8) is 0 Å². The summed E-state index contributed by atoms with van der Waals surface area (Å²) in [5.41, 5.74) is -0.129. The molecule has 0 fully saturated rings. The molecule has 0 amide bonds. The summed E-state index contributed by atoms with van der Waals surface area (Å²) in [5, 5.41) is 17.7. The van der Waals surface area contributed by atoms with E-state index in [-0.39, 0.29) is 42.3 Å². The van der Waals surface area contributed by atoms with Gasteiger partial charge in [-0.1, -0.05) is 0 Å². The van der Waals surface area contributed by atoms with Crippen molar-refractivity contribution in [2.75, 3.05) is 7.11 Å². The third kappa shape index (κ3) is 2.91. The summed E-state index contributed by atoms with van der Waals surface area (Å²) in [5.74, 6) is -1.02. The van der Waals surface area contributed by atoms with Crippen LogP contribution in [0.3, 0.4) is 0 Å². The second kappa shape index (κ2) is 5.11. The van der Waals surface area contributed by atoms with Crippen LogP contribution in [0.4, 0.5) is 0 Å². The van der Waals surface area contributed by atoms with Crippen molar-refractivity contribution in [3.8, 4) is 11.5 Å². The van der Waals surface area contributed by atoms with Gasteiger partial charge in [0.15, 0.2) is 0 Å². The number of phenols is 1.